The zero-order valence-electron chi connectivity index (χ0n) is 9.69. The van der Waals surface area contributed by atoms with Gasteiger partial charge in [-0.05, 0) is 18.6 Å². The molecule has 0 aromatic heterocycles. The van der Waals surface area contributed by atoms with E-state index in [1.54, 1.807) is 19.1 Å². The van der Waals surface area contributed by atoms with E-state index in [0.717, 1.165) is 0 Å². The third kappa shape index (κ3) is 4.49. The minimum Gasteiger partial charge on any atom is -0.325 e. The van der Waals surface area contributed by atoms with Gasteiger partial charge in [0.05, 0.1) is 18.0 Å². The van der Waals surface area contributed by atoms with Gasteiger partial charge in [-0.15, -0.1) is 12.4 Å². The number of sulfonamides is 1. The molecule has 0 bridgehead atoms. The van der Waals surface area contributed by atoms with Crippen molar-refractivity contribution in [3.05, 3.63) is 29.8 Å². The number of alkyl halides is 2. The van der Waals surface area contributed by atoms with Crippen LogP contribution in [0.2, 0.25) is 0 Å². The van der Waals surface area contributed by atoms with Gasteiger partial charge in [0.25, 0.3) is 5.92 Å². The van der Waals surface area contributed by atoms with E-state index in [2.05, 4.69) is 0 Å². The first kappa shape index (κ1) is 17.2. The van der Waals surface area contributed by atoms with Crippen LogP contribution in [0.5, 0.6) is 0 Å². The molecule has 0 fully saturated rings. The molecule has 4 nitrogen and oxygen atoms in total. The molecule has 104 valence electrons. The van der Waals surface area contributed by atoms with E-state index in [9.17, 15) is 17.2 Å². The summed E-state index contributed by atoms with van der Waals surface area (Å²) < 4.78 is 51.0. The van der Waals surface area contributed by atoms with Crippen molar-refractivity contribution in [1.29, 1.82) is 0 Å². The molecule has 3 N–H and O–H groups in total. The van der Waals surface area contributed by atoms with Gasteiger partial charge in [-0.2, -0.15) is 0 Å². The number of hydrogen-bond donors (Lipinski definition) is 2. The normalized spacial score (nSPS) is 12.0. The molecule has 0 radical (unpaired) electrons. The molecular formula is C10H15ClF2N2O2S. The average molecular weight is 301 g/mol. The maximum Gasteiger partial charge on any atom is 0.273 e. The quantitative estimate of drug-likeness (QED) is 0.860. The van der Waals surface area contributed by atoms with E-state index >= 15 is 0 Å². The second kappa shape index (κ2) is 6.42. The third-order valence-corrected chi connectivity index (χ3v) is 3.76. The standard InChI is InChI=1S/C10H14F2N2O2S.ClH/c1-8-4-2-3-5-9(8)17(15,16)14-7-10(11,12)6-13;/h2-5,14H,6-7,13H2,1H3;1H. The van der Waals surface area contributed by atoms with Gasteiger partial charge < -0.3 is 5.73 Å². The van der Waals surface area contributed by atoms with Gasteiger partial charge in [0, 0.05) is 0 Å². The lowest BCUT2D eigenvalue weighted by atomic mass is 10.2. The Labute approximate surface area is 111 Å². The fourth-order valence-electron chi connectivity index (χ4n) is 1.21. The molecule has 1 aromatic rings. The Morgan fingerprint density at radius 2 is 1.89 bits per heavy atom. The molecule has 0 aliphatic carbocycles. The van der Waals surface area contributed by atoms with Gasteiger partial charge in [0.15, 0.2) is 0 Å². The van der Waals surface area contributed by atoms with Crippen LogP contribution in [-0.4, -0.2) is 27.4 Å². The molecule has 8 heteroatoms. The minimum atomic E-state index is -3.92. The van der Waals surface area contributed by atoms with Crippen molar-refractivity contribution < 1.29 is 17.2 Å². The first-order valence-electron chi connectivity index (χ1n) is 4.92. The maximum atomic E-state index is 12.8. The van der Waals surface area contributed by atoms with Crippen molar-refractivity contribution in [2.24, 2.45) is 5.73 Å². The first-order valence-corrected chi connectivity index (χ1v) is 6.40. The van der Waals surface area contributed by atoms with E-state index < -0.39 is 29.0 Å². The van der Waals surface area contributed by atoms with E-state index in [1.807, 2.05) is 4.72 Å². The van der Waals surface area contributed by atoms with Gasteiger partial charge >= 0.3 is 0 Å². The largest absolute Gasteiger partial charge is 0.325 e. The summed E-state index contributed by atoms with van der Waals surface area (Å²) in [7, 11) is -3.92. The molecule has 0 aliphatic heterocycles. The smallest absolute Gasteiger partial charge is 0.273 e. The zero-order chi connectivity index (χ0) is 13.1. The number of hydrogen-bond acceptors (Lipinski definition) is 3. The zero-order valence-corrected chi connectivity index (χ0v) is 11.3. The van der Waals surface area contributed by atoms with Crippen LogP contribution in [0.1, 0.15) is 5.56 Å². The highest BCUT2D eigenvalue weighted by Gasteiger charge is 2.29. The van der Waals surface area contributed by atoms with Crippen molar-refractivity contribution in [2.75, 3.05) is 13.1 Å². The molecule has 0 spiro atoms. The van der Waals surface area contributed by atoms with Crippen LogP contribution in [0.25, 0.3) is 0 Å². The molecule has 1 aromatic carbocycles. The van der Waals surface area contributed by atoms with Crippen LogP contribution in [0, 0.1) is 6.92 Å². The molecule has 0 atom stereocenters. The van der Waals surface area contributed by atoms with Crippen molar-refractivity contribution in [3.63, 3.8) is 0 Å². The van der Waals surface area contributed by atoms with Gasteiger partial charge in [-0.25, -0.2) is 21.9 Å². The van der Waals surface area contributed by atoms with E-state index in [1.165, 1.54) is 12.1 Å². The van der Waals surface area contributed by atoms with Crippen molar-refractivity contribution >= 4 is 22.4 Å². The molecule has 0 saturated heterocycles. The lowest BCUT2D eigenvalue weighted by molar-refractivity contribution is 0.0170. The van der Waals surface area contributed by atoms with Gasteiger partial charge in [-0.1, -0.05) is 18.2 Å². The Morgan fingerprint density at radius 1 is 1.33 bits per heavy atom. The topological polar surface area (TPSA) is 72.2 Å². The molecular weight excluding hydrogens is 286 g/mol. The second-order valence-electron chi connectivity index (χ2n) is 3.65. The highest BCUT2D eigenvalue weighted by Crippen LogP contribution is 2.15. The van der Waals surface area contributed by atoms with E-state index in [-0.39, 0.29) is 17.3 Å². The fourth-order valence-corrected chi connectivity index (χ4v) is 2.51. The summed E-state index contributed by atoms with van der Waals surface area (Å²) in [6.07, 6.45) is 0. The van der Waals surface area contributed by atoms with Crippen molar-refractivity contribution in [2.45, 2.75) is 17.7 Å². The van der Waals surface area contributed by atoms with Crippen LogP contribution in [0.3, 0.4) is 0 Å². The molecule has 0 heterocycles. The van der Waals surface area contributed by atoms with E-state index in [4.69, 9.17) is 5.73 Å². The summed E-state index contributed by atoms with van der Waals surface area (Å²) in [6.45, 7) is -0.306. The highest BCUT2D eigenvalue weighted by molar-refractivity contribution is 7.89. The van der Waals surface area contributed by atoms with Crippen LogP contribution in [0.15, 0.2) is 29.2 Å². The number of rotatable bonds is 5. The van der Waals surface area contributed by atoms with Crippen LogP contribution in [0.4, 0.5) is 8.78 Å². The Bertz CT molecular complexity index is 494. The molecule has 0 unspecified atom stereocenters. The second-order valence-corrected chi connectivity index (χ2v) is 5.39. The monoisotopic (exact) mass is 300 g/mol. The van der Waals surface area contributed by atoms with E-state index in [0.29, 0.717) is 5.56 Å². The Morgan fingerprint density at radius 3 is 2.39 bits per heavy atom. The summed E-state index contributed by atoms with van der Waals surface area (Å²) in [6, 6.07) is 6.15. The highest BCUT2D eigenvalue weighted by atomic mass is 35.5. The molecule has 0 saturated carbocycles. The molecule has 0 amide bonds. The minimum absolute atomic E-state index is 0. The number of nitrogens with two attached hydrogens (primary N) is 1. The summed E-state index contributed by atoms with van der Waals surface area (Å²) in [4.78, 5) is -0.00665. The maximum absolute atomic E-state index is 12.8. The van der Waals surface area contributed by atoms with Gasteiger partial charge in [0.2, 0.25) is 10.0 Å². The van der Waals surface area contributed by atoms with Crippen LogP contribution >= 0.6 is 12.4 Å². The van der Waals surface area contributed by atoms with Crippen LogP contribution in [-0.2, 0) is 10.0 Å². The number of benzene rings is 1. The van der Waals surface area contributed by atoms with Crippen LogP contribution < -0.4 is 10.5 Å². The Kier molecular flexibility index (Phi) is 6.15. The fraction of sp³-hybridized carbons (Fsp3) is 0.400. The number of nitrogens with one attached hydrogen (secondary N) is 1. The van der Waals surface area contributed by atoms with Crippen molar-refractivity contribution in [1.82, 2.24) is 4.72 Å². The summed E-state index contributed by atoms with van der Waals surface area (Å²) in [5.74, 6) is -3.24. The number of aryl methyl sites for hydroxylation is 1. The predicted molar refractivity (Wildman–Crippen MR) is 67.6 cm³/mol. The molecule has 0 aliphatic rings. The van der Waals surface area contributed by atoms with Gasteiger partial charge in [-0.3, -0.25) is 0 Å². The SMILES string of the molecule is Cc1ccccc1S(=O)(=O)NCC(F)(F)CN.Cl. The lowest BCUT2D eigenvalue weighted by Crippen LogP contribution is -2.41. The van der Waals surface area contributed by atoms with Gasteiger partial charge in [0.1, 0.15) is 0 Å². The lowest BCUT2D eigenvalue weighted by Gasteiger charge is -2.15. The Balaban J connectivity index is 0.00000289. The summed E-state index contributed by atoms with van der Waals surface area (Å²) >= 11 is 0. The summed E-state index contributed by atoms with van der Waals surface area (Å²) in [5, 5.41) is 0. The average Bonchev–Trinajstić information content (AvgIpc) is 2.27. The molecule has 18 heavy (non-hydrogen) atoms. The summed E-state index contributed by atoms with van der Waals surface area (Å²) in [5.41, 5.74) is 5.32. The Hall–Kier alpha value is -0.760. The molecule has 1 rings (SSSR count). The third-order valence-electron chi connectivity index (χ3n) is 2.20. The van der Waals surface area contributed by atoms with Crippen molar-refractivity contribution in [3.8, 4) is 0 Å². The number of halogens is 3. The first-order chi connectivity index (χ1) is 7.78. The predicted octanol–water partition coefficient (Wildman–Crippen LogP) is 1.29.